The Kier molecular flexibility index (Phi) is 11.5. The van der Waals surface area contributed by atoms with Crippen LogP contribution in [0.5, 0.6) is 0 Å². The molecule has 0 saturated carbocycles. The maximum Gasteiger partial charge on any atom is 0.407 e. The molecule has 12 nitrogen and oxygen atoms in total. The van der Waals surface area contributed by atoms with Crippen LogP contribution in [0.1, 0.15) is 35.4 Å². The number of methoxy groups -OCH3 is 1. The molecule has 5 N–H and O–H groups in total. The van der Waals surface area contributed by atoms with Gasteiger partial charge in [0.1, 0.15) is 11.9 Å². The number of ether oxygens (including phenoxy) is 2. The number of para-hydroxylation sites is 1. The van der Waals surface area contributed by atoms with E-state index in [2.05, 4.69) is 36.8 Å². The number of hydrogen-bond acceptors (Lipinski definition) is 8. The Hall–Kier alpha value is -5.07. The van der Waals surface area contributed by atoms with Crippen LogP contribution >= 0.6 is 0 Å². The summed E-state index contributed by atoms with van der Waals surface area (Å²) in [5.41, 5.74) is 3.38. The molecule has 0 bridgehead atoms. The number of morpholine rings is 1. The van der Waals surface area contributed by atoms with Gasteiger partial charge in [-0.25, -0.2) is 9.59 Å². The molecule has 240 valence electrons. The van der Waals surface area contributed by atoms with Gasteiger partial charge in [0.05, 0.1) is 19.8 Å². The van der Waals surface area contributed by atoms with Crippen LogP contribution in [0.3, 0.4) is 0 Å². The third-order valence-corrected chi connectivity index (χ3v) is 7.88. The third-order valence-electron chi connectivity index (χ3n) is 7.88. The van der Waals surface area contributed by atoms with Crippen molar-refractivity contribution in [3.05, 3.63) is 102 Å². The number of aryl methyl sites for hydroxylation is 1. The van der Waals surface area contributed by atoms with E-state index in [-0.39, 0.29) is 24.1 Å². The van der Waals surface area contributed by atoms with Crippen molar-refractivity contribution in [1.29, 1.82) is 0 Å². The molecule has 1 fully saturated rings. The van der Waals surface area contributed by atoms with Gasteiger partial charge in [-0.15, -0.1) is 5.10 Å². The standard InChI is InChI=1S/C34H39N7O5/c1-45-34(44)40-31(30(24-11-4-2-5-12-24)25-13-6-3-7-14-25)32(42)38-28-15-9-8-10-23(28)16-17-27-21-35-26(22-46-27)20-36-33(43)39-29-18-19-37-41-29/h2-15,19,26-27,30-31,35H,16-18,20-22H2,1H3,(H,38,42)(H,40,44)(H2,36,39,41,43)/t26-,27-,31+/m1/s1. The number of anilines is 1. The zero-order valence-corrected chi connectivity index (χ0v) is 25.6. The van der Waals surface area contributed by atoms with E-state index < -0.39 is 18.1 Å². The number of nitrogens with zero attached hydrogens (tertiary/aromatic N) is 2. The number of urea groups is 1. The van der Waals surface area contributed by atoms with E-state index in [1.54, 1.807) is 6.21 Å². The minimum Gasteiger partial charge on any atom is -0.453 e. The molecule has 2 heterocycles. The lowest BCUT2D eigenvalue weighted by molar-refractivity contribution is -0.118. The summed E-state index contributed by atoms with van der Waals surface area (Å²) in [6.45, 7) is 1.49. The van der Waals surface area contributed by atoms with Crippen molar-refractivity contribution < 1.29 is 23.9 Å². The van der Waals surface area contributed by atoms with Crippen molar-refractivity contribution in [2.75, 3.05) is 32.1 Å². The van der Waals surface area contributed by atoms with E-state index >= 15 is 0 Å². The average molecular weight is 626 g/mol. The molecule has 3 atom stereocenters. The Morgan fingerprint density at radius 3 is 2.28 bits per heavy atom. The Labute approximate surface area is 268 Å². The summed E-state index contributed by atoms with van der Waals surface area (Å²) >= 11 is 0. The normalized spacial score (nSPS) is 17.9. The third kappa shape index (κ3) is 8.99. The van der Waals surface area contributed by atoms with Gasteiger partial charge in [0, 0.05) is 43.4 Å². The quantitative estimate of drug-likeness (QED) is 0.220. The number of carbonyl (C=O) groups excluding carboxylic acids is 3. The maximum atomic E-state index is 14.0. The second-order valence-electron chi connectivity index (χ2n) is 11.0. The van der Waals surface area contributed by atoms with E-state index in [0.717, 1.165) is 23.1 Å². The topological polar surface area (TPSA) is 155 Å². The van der Waals surface area contributed by atoms with Crippen molar-refractivity contribution >= 4 is 35.8 Å². The molecule has 4 amide bonds. The molecule has 0 radical (unpaired) electrons. The zero-order valence-electron chi connectivity index (χ0n) is 25.6. The lowest BCUT2D eigenvalue weighted by Crippen LogP contribution is -2.53. The van der Waals surface area contributed by atoms with Gasteiger partial charge in [-0.1, -0.05) is 78.9 Å². The number of amidine groups is 1. The van der Waals surface area contributed by atoms with Gasteiger partial charge in [0.15, 0.2) is 0 Å². The fraction of sp³-hybridized carbons (Fsp3) is 0.324. The number of alkyl carbamates (subject to hydrolysis) is 1. The van der Waals surface area contributed by atoms with Crippen molar-refractivity contribution in [3.63, 3.8) is 0 Å². The Balaban J connectivity index is 1.20. The van der Waals surface area contributed by atoms with Crippen LogP contribution in [0, 0.1) is 0 Å². The Morgan fingerprint density at radius 2 is 1.65 bits per heavy atom. The van der Waals surface area contributed by atoms with E-state index in [1.807, 2.05) is 84.9 Å². The van der Waals surface area contributed by atoms with Gasteiger partial charge in [-0.2, -0.15) is 5.10 Å². The molecule has 0 unspecified atom stereocenters. The van der Waals surface area contributed by atoms with Crippen LogP contribution in [0.2, 0.25) is 0 Å². The summed E-state index contributed by atoms with van der Waals surface area (Å²) in [4.78, 5) is 38.6. The van der Waals surface area contributed by atoms with Crippen LogP contribution < -0.4 is 26.6 Å². The molecular weight excluding hydrogens is 586 g/mol. The molecule has 3 aromatic carbocycles. The van der Waals surface area contributed by atoms with Crippen molar-refractivity contribution in [2.24, 2.45) is 10.2 Å². The summed E-state index contributed by atoms with van der Waals surface area (Å²) in [5, 5.41) is 22.4. The molecule has 0 aliphatic carbocycles. The van der Waals surface area contributed by atoms with Gasteiger partial charge >= 0.3 is 12.1 Å². The molecule has 1 saturated heterocycles. The number of amides is 4. The maximum absolute atomic E-state index is 14.0. The Morgan fingerprint density at radius 1 is 0.957 bits per heavy atom. The first kappa shape index (κ1) is 32.3. The molecular formula is C34H39N7O5. The van der Waals surface area contributed by atoms with E-state index in [1.165, 1.54) is 7.11 Å². The summed E-state index contributed by atoms with van der Waals surface area (Å²) in [6, 6.07) is 25.6. The van der Waals surface area contributed by atoms with E-state index in [0.29, 0.717) is 44.1 Å². The van der Waals surface area contributed by atoms with Gasteiger partial charge < -0.3 is 30.7 Å². The highest BCUT2D eigenvalue weighted by atomic mass is 16.5. The highest BCUT2D eigenvalue weighted by Gasteiger charge is 2.33. The number of benzene rings is 3. The first-order valence-corrected chi connectivity index (χ1v) is 15.3. The molecule has 3 aromatic rings. The monoisotopic (exact) mass is 625 g/mol. The van der Waals surface area contributed by atoms with E-state index in [4.69, 9.17) is 9.47 Å². The predicted octanol–water partition coefficient (Wildman–Crippen LogP) is 3.56. The van der Waals surface area contributed by atoms with E-state index in [9.17, 15) is 14.4 Å². The molecule has 5 rings (SSSR count). The number of hydrogen-bond donors (Lipinski definition) is 5. The molecule has 0 spiro atoms. The highest BCUT2D eigenvalue weighted by molar-refractivity contribution is 6.04. The fourth-order valence-electron chi connectivity index (χ4n) is 5.50. The average Bonchev–Trinajstić information content (AvgIpc) is 3.61. The lowest BCUT2D eigenvalue weighted by atomic mass is 9.84. The minimum atomic E-state index is -0.955. The zero-order chi connectivity index (χ0) is 32.1. The lowest BCUT2D eigenvalue weighted by Gasteiger charge is -2.31. The first-order valence-electron chi connectivity index (χ1n) is 15.3. The first-order chi connectivity index (χ1) is 22.5. The van der Waals surface area contributed by atoms with Gasteiger partial charge in [0.2, 0.25) is 5.91 Å². The van der Waals surface area contributed by atoms with Crippen molar-refractivity contribution in [1.82, 2.24) is 21.3 Å². The molecule has 12 heteroatoms. The van der Waals surface area contributed by atoms with Gasteiger partial charge in [-0.05, 0) is 35.6 Å². The summed E-state index contributed by atoms with van der Waals surface area (Å²) in [7, 11) is 1.28. The fourth-order valence-corrected chi connectivity index (χ4v) is 5.50. The van der Waals surface area contributed by atoms with Crippen LogP contribution in [0.4, 0.5) is 15.3 Å². The second-order valence-corrected chi connectivity index (χ2v) is 11.0. The highest BCUT2D eigenvalue weighted by Crippen LogP contribution is 2.30. The smallest absolute Gasteiger partial charge is 0.407 e. The molecule has 2 aliphatic rings. The van der Waals surface area contributed by atoms with Crippen LogP contribution in [0.15, 0.2) is 95.1 Å². The predicted molar refractivity (Wildman–Crippen MR) is 176 cm³/mol. The van der Waals surface area contributed by atoms with Crippen LogP contribution in [0.25, 0.3) is 0 Å². The van der Waals surface area contributed by atoms with Crippen molar-refractivity contribution in [3.8, 4) is 0 Å². The largest absolute Gasteiger partial charge is 0.453 e. The Bertz CT molecular complexity index is 1490. The summed E-state index contributed by atoms with van der Waals surface area (Å²) < 4.78 is 11.0. The van der Waals surface area contributed by atoms with Gasteiger partial charge in [-0.3, -0.25) is 10.1 Å². The number of rotatable bonds is 11. The molecule has 46 heavy (non-hydrogen) atoms. The SMILES string of the molecule is COC(=O)N[C@H](C(=O)Nc1ccccc1CC[C@@H]1CN[C@H](CNC(=O)NC2=NN=CC2)CO1)C(c1ccccc1)c1ccccc1. The second kappa shape index (κ2) is 16.3. The van der Waals surface area contributed by atoms with Crippen molar-refractivity contribution in [2.45, 2.75) is 43.4 Å². The van der Waals surface area contributed by atoms with Crippen LogP contribution in [-0.4, -0.2) is 75.1 Å². The van der Waals surface area contributed by atoms with Gasteiger partial charge in [0.25, 0.3) is 0 Å². The minimum absolute atomic E-state index is 0.0169. The molecule has 2 aliphatic heterocycles. The molecule has 0 aromatic heterocycles. The number of nitrogens with one attached hydrogen (secondary N) is 5. The summed E-state index contributed by atoms with van der Waals surface area (Å²) in [5.74, 6) is -0.309. The summed E-state index contributed by atoms with van der Waals surface area (Å²) in [6.07, 6.45) is 2.80. The van der Waals surface area contributed by atoms with Crippen LogP contribution in [-0.2, 0) is 20.7 Å². The number of carbonyl (C=O) groups is 3.